The van der Waals surface area contributed by atoms with Crippen LogP contribution in [0.2, 0.25) is 0 Å². The molecule has 0 saturated heterocycles. The SMILES string of the molecule is CC(C)(C)c1ccc(N2/C(=C3/N(c4ccc(C(C)(C)C)cc4F)c4ccc(C(C)(C)C)cc4N3c3ccc(C(C)(C)C)cc3F)N(c3ccc(C(C)(C)C)cc3F)c3cc(C(C)(C)C)ccc32)c(F)c1. The van der Waals surface area contributed by atoms with E-state index in [1.54, 1.807) is 48.5 Å². The van der Waals surface area contributed by atoms with Gasteiger partial charge < -0.3 is 0 Å². The van der Waals surface area contributed by atoms with Crippen LogP contribution < -0.4 is 19.6 Å². The lowest BCUT2D eigenvalue weighted by Gasteiger charge is -2.35. The average molecular weight is 949 g/mol. The van der Waals surface area contributed by atoms with Gasteiger partial charge in [0.1, 0.15) is 23.3 Å². The zero-order valence-electron chi connectivity index (χ0n) is 44.7. The Hall–Kier alpha value is -6.02. The lowest BCUT2D eigenvalue weighted by atomic mass is 9.86. The first-order chi connectivity index (χ1) is 32.2. The molecule has 0 saturated carbocycles. The Morgan fingerprint density at radius 3 is 0.586 bits per heavy atom. The van der Waals surface area contributed by atoms with E-state index in [1.165, 1.54) is 0 Å². The van der Waals surface area contributed by atoms with E-state index in [9.17, 15) is 0 Å². The molecule has 0 amide bonds. The summed E-state index contributed by atoms with van der Waals surface area (Å²) in [7, 11) is 0. The quantitative estimate of drug-likeness (QED) is 0.163. The van der Waals surface area contributed by atoms with Crippen LogP contribution in [-0.2, 0) is 32.5 Å². The Morgan fingerprint density at radius 1 is 0.229 bits per heavy atom. The number of benzene rings is 6. The summed E-state index contributed by atoms with van der Waals surface area (Å²) in [6.45, 7) is 37.2. The smallest absolute Gasteiger partial charge is 0.166 e. The van der Waals surface area contributed by atoms with Crippen LogP contribution in [0.1, 0.15) is 158 Å². The molecule has 2 aliphatic heterocycles. The van der Waals surface area contributed by atoms with Crippen molar-refractivity contribution in [3.63, 3.8) is 0 Å². The van der Waals surface area contributed by atoms with Gasteiger partial charge in [-0.3, -0.25) is 19.6 Å². The second-order valence-corrected chi connectivity index (χ2v) is 25.6. The molecule has 0 radical (unpaired) electrons. The van der Waals surface area contributed by atoms with Crippen LogP contribution in [0.25, 0.3) is 0 Å². The van der Waals surface area contributed by atoms with E-state index in [2.05, 4.69) is 41.5 Å². The number of hydrogen-bond donors (Lipinski definition) is 0. The maximum Gasteiger partial charge on any atom is 0.166 e. The van der Waals surface area contributed by atoms with Crippen LogP contribution >= 0.6 is 0 Å². The molecular formula is C62H72F4N4. The molecule has 368 valence electrons. The van der Waals surface area contributed by atoms with Crippen LogP contribution in [0.15, 0.2) is 121 Å². The van der Waals surface area contributed by atoms with E-state index in [0.29, 0.717) is 22.7 Å². The topological polar surface area (TPSA) is 13.0 Å². The molecule has 6 aromatic carbocycles. The van der Waals surface area contributed by atoms with Crippen LogP contribution in [0.4, 0.5) is 63.1 Å². The van der Waals surface area contributed by atoms with Gasteiger partial charge in [0.25, 0.3) is 0 Å². The van der Waals surface area contributed by atoms with E-state index >= 15 is 17.6 Å². The van der Waals surface area contributed by atoms with Gasteiger partial charge in [0, 0.05) is 0 Å². The number of rotatable bonds is 4. The number of anilines is 8. The molecule has 70 heavy (non-hydrogen) atoms. The molecule has 4 nitrogen and oxygen atoms in total. The van der Waals surface area contributed by atoms with Crippen LogP contribution in [0, 0.1) is 23.3 Å². The number of fused-ring (bicyclic) bond motifs is 2. The van der Waals surface area contributed by atoms with E-state index in [-0.39, 0.29) is 66.9 Å². The van der Waals surface area contributed by atoms with Gasteiger partial charge in [-0.15, -0.1) is 0 Å². The summed E-state index contributed by atoms with van der Waals surface area (Å²) < 4.78 is 70.8. The highest BCUT2D eigenvalue weighted by molar-refractivity contribution is 6.00. The van der Waals surface area contributed by atoms with Crippen LogP contribution in [-0.4, -0.2) is 0 Å². The summed E-state index contributed by atoms with van der Waals surface area (Å²) in [5.41, 5.74) is 5.90. The first-order valence-corrected chi connectivity index (χ1v) is 24.6. The monoisotopic (exact) mass is 949 g/mol. The molecule has 0 bridgehead atoms. The molecule has 2 aliphatic rings. The zero-order valence-corrected chi connectivity index (χ0v) is 44.7. The summed E-state index contributed by atoms with van der Waals surface area (Å²) in [4.78, 5) is 7.29. The number of nitrogens with zero attached hydrogens (tertiary/aromatic N) is 4. The highest BCUT2D eigenvalue weighted by atomic mass is 19.1. The van der Waals surface area contributed by atoms with Crippen molar-refractivity contribution in [2.75, 3.05) is 19.6 Å². The summed E-state index contributed by atoms with van der Waals surface area (Å²) >= 11 is 0. The van der Waals surface area contributed by atoms with Crippen molar-refractivity contribution in [3.05, 3.63) is 177 Å². The van der Waals surface area contributed by atoms with Crippen molar-refractivity contribution >= 4 is 45.5 Å². The van der Waals surface area contributed by atoms with E-state index < -0.39 is 23.3 Å². The molecular weight excluding hydrogens is 877 g/mol. The maximum atomic E-state index is 17.7. The zero-order chi connectivity index (χ0) is 51.6. The fourth-order valence-electron chi connectivity index (χ4n) is 9.37. The summed E-state index contributed by atoms with van der Waals surface area (Å²) in [5, 5.41) is 0. The van der Waals surface area contributed by atoms with Crippen LogP contribution in [0.3, 0.4) is 0 Å². The molecule has 0 unspecified atom stereocenters. The minimum atomic E-state index is -0.508. The van der Waals surface area contributed by atoms with Gasteiger partial charge in [-0.1, -0.05) is 161 Å². The normalized spacial score (nSPS) is 15.9. The van der Waals surface area contributed by atoms with Gasteiger partial charge in [-0.2, -0.15) is 0 Å². The summed E-state index contributed by atoms with van der Waals surface area (Å²) in [6, 6.07) is 33.1. The highest BCUT2D eigenvalue weighted by Crippen LogP contribution is 2.59. The second kappa shape index (κ2) is 16.8. The molecule has 0 fully saturated rings. The third kappa shape index (κ3) is 9.01. The third-order valence-electron chi connectivity index (χ3n) is 13.9. The fourth-order valence-corrected chi connectivity index (χ4v) is 9.37. The first-order valence-electron chi connectivity index (χ1n) is 24.6. The summed E-state index contributed by atoms with van der Waals surface area (Å²) in [5.74, 6) is -1.48. The average Bonchev–Trinajstić information content (AvgIpc) is 3.73. The minimum absolute atomic E-state index is 0.188. The molecule has 8 heteroatoms. The Bertz CT molecular complexity index is 2860. The lowest BCUT2D eigenvalue weighted by molar-refractivity contribution is 0.571. The molecule has 8 rings (SSSR count). The van der Waals surface area contributed by atoms with Gasteiger partial charge in [-0.25, -0.2) is 17.6 Å². The Kier molecular flexibility index (Phi) is 12.1. The summed E-state index contributed by atoms with van der Waals surface area (Å²) in [6.07, 6.45) is 0. The van der Waals surface area contributed by atoms with Gasteiger partial charge in [0.05, 0.1) is 45.5 Å². The predicted molar refractivity (Wildman–Crippen MR) is 286 cm³/mol. The fraction of sp³-hybridized carbons (Fsp3) is 0.387. The molecule has 0 atom stereocenters. The van der Waals surface area contributed by atoms with Gasteiger partial charge in [0.2, 0.25) is 0 Å². The van der Waals surface area contributed by atoms with E-state index in [4.69, 9.17) is 0 Å². The molecule has 0 spiro atoms. The van der Waals surface area contributed by atoms with Crippen molar-refractivity contribution in [3.8, 4) is 0 Å². The Morgan fingerprint density at radius 2 is 0.400 bits per heavy atom. The van der Waals surface area contributed by atoms with Gasteiger partial charge in [-0.05, 0) is 139 Å². The first kappa shape index (κ1) is 50.4. The van der Waals surface area contributed by atoms with E-state index in [1.807, 2.05) is 163 Å². The molecule has 0 aromatic heterocycles. The Labute approximate surface area is 415 Å². The third-order valence-corrected chi connectivity index (χ3v) is 13.9. The minimum Gasteiger partial charge on any atom is -0.288 e. The predicted octanol–water partition coefficient (Wildman–Crippen LogP) is 18.4. The van der Waals surface area contributed by atoms with Gasteiger partial charge in [0.15, 0.2) is 11.6 Å². The van der Waals surface area contributed by atoms with E-state index in [0.717, 1.165) is 33.4 Å². The van der Waals surface area contributed by atoms with Gasteiger partial charge >= 0.3 is 0 Å². The largest absolute Gasteiger partial charge is 0.288 e. The lowest BCUT2D eigenvalue weighted by Crippen LogP contribution is -2.34. The number of hydrogen-bond acceptors (Lipinski definition) is 4. The molecule has 6 aromatic rings. The Balaban J connectivity index is 1.63. The molecule has 2 heterocycles. The second-order valence-electron chi connectivity index (χ2n) is 25.6. The maximum absolute atomic E-state index is 17.7. The van der Waals surface area contributed by atoms with Crippen molar-refractivity contribution in [1.82, 2.24) is 0 Å². The molecule has 0 aliphatic carbocycles. The van der Waals surface area contributed by atoms with Crippen molar-refractivity contribution < 1.29 is 17.6 Å². The van der Waals surface area contributed by atoms with Crippen molar-refractivity contribution in [1.29, 1.82) is 0 Å². The van der Waals surface area contributed by atoms with Crippen LogP contribution in [0.5, 0.6) is 0 Å². The highest BCUT2D eigenvalue weighted by Gasteiger charge is 2.47. The standard InChI is InChI=1S/C62H72F4N4/c1-57(2,3)37-19-25-47(43(63)31-37)67-51-29-23-41(61(13,14)15)35-53(51)69(49-27-21-39(33-45(49)65)59(7,8)9)55(67)56-68(48-26-20-38(32-44(48)64)58(4,5)6)52-30-24-42(62(16,17)18)36-54(52)70(56)50-28-22-40(34-46(50)66)60(10,11)12/h19-36H,1-18H3/b56-55+. The van der Waals surface area contributed by atoms with Crippen molar-refractivity contribution in [2.24, 2.45) is 0 Å². The number of halogens is 4. The van der Waals surface area contributed by atoms with Crippen molar-refractivity contribution in [2.45, 2.75) is 157 Å². The molecule has 0 N–H and O–H groups in total.